The molecule has 1 aliphatic rings. The molecule has 2 aromatic rings. The number of phenols is 1. The van der Waals surface area contributed by atoms with Crippen LogP contribution in [0.2, 0.25) is 5.02 Å². The van der Waals surface area contributed by atoms with Crippen molar-refractivity contribution in [2.24, 2.45) is 5.92 Å². The molecule has 0 amide bonds. The molecule has 0 fully saturated rings. The lowest BCUT2D eigenvalue weighted by Crippen LogP contribution is -2.30. The highest BCUT2D eigenvalue weighted by molar-refractivity contribution is 6.30. The first kappa shape index (κ1) is 13.5. The van der Waals surface area contributed by atoms with Crippen LogP contribution in [0.3, 0.4) is 0 Å². The Kier molecular flexibility index (Phi) is 3.28. The third kappa shape index (κ3) is 2.32. The summed E-state index contributed by atoms with van der Waals surface area (Å²) >= 11 is 5.91. The van der Waals surface area contributed by atoms with E-state index in [-0.39, 0.29) is 17.6 Å². The van der Waals surface area contributed by atoms with Gasteiger partial charge in [0, 0.05) is 22.6 Å². The average Bonchev–Trinajstić information content (AvgIpc) is 2.46. The number of ether oxygens (including phenoxy) is 1. The number of phenolic OH excluding ortho intramolecular Hbond substituents is 1. The van der Waals surface area contributed by atoms with Crippen LogP contribution in [0.5, 0.6) is 11.5 Å². The van der Waals surface area contributed by atoms with Gasteiger partial charge in [-0.3, -0.25) is 5.41 Å². The number of nitrogens with one attached hydrogen (secondary N) is 1. The van der Waals surface area contributed by atoms with Crippen LogP contribution >= 0.6 is 11.6 Å². The Balaban J connectivity index is 2.18. The lowest BCUT2D eigenvalue weighted by molar-refractivity contribution is 0.436. The predicted octanol–water partition coefficient (Wildman–Crippen LogP) is 3.69. The molecule has 2 aromatic carbocycles. The monoisotopic (exact) mass is 298 g/mol. The van der Waals surface area contributed by atoms with Gasteiger partial charge in [0.2, 0.25) is 5.90 Å². The lowest BCUT2D eigenvalue weighted by Gasteiger charge is -2.30. The van der Waals surface area contributed by atoms with E-state index in [9.17, 15) is 10.4 Å². The molecule has 5 heteroatoms. The Morgan fingerprint density at radius 1 is 1.19 bits per heavy atom. The summed E-state index contributed by atoms with van der Waals surface area (Å²) in [6.45, 7) is 0. The van der Waals surface area contributed by atoms with Crippen molar-refractivity contribution in [2.75, 3.05) is 0 Å². The Morgan fingerprint density at radius 3 is 2.57 bits per heavy atom. The van der Waals surface area contributed by atoms with Gasteiger partial charge in [0.05, 0.1) is 6.07 Å². The first-order chi connectivity index (χ1) is 10.1. The van der Waals surface area contributed by atoms with Gasteiger partial charge in [-0.05, 0) is 23.8 Å². The summed E-state index contributed by atoms with van der Waals surface area (Å²) in [6.07, 6.45) is 0. The predicted molar refractivity (Wildman–Crippen MR) is 78.9 cm³/mol. The zero-order valence-electron chi connectivity index (χ0n) is 10.9. The maximum Gasteiger partial charge on any atom is 0.205 e. The second-order valence-electron chi connectivity index (χ2n) is 4.82. The van der Waals surface area contributed by atoms with E-state index in [1.807, 2.05) is 12.1 Å². The Morgan fingerprint density at radius 2 is 1.90 bits per heavy atom. The number of benzene rings is 2. The molecule has 2 N–H and O–H groups in total. The molecular formula is C16H11ClN2O2. The van der Waals surface area contributed by atoms with Gasteiger partial charge >= 0.3 is 0 Å². The third-order valence-electron chi connectivity index (χ3n) is 3.54. The molecule has 0 spiro atoms. The smallest absolute Gasteiger partial charge is 0.205 e. The Hall–Kier alpha value is -2.51. The maximum absolute atomic E-state index is 9.56. The van der Waals surface area contributed by atoms with Crippen molar-refractivity contribution in [1.29, 1.82) is 10.7 Å². The minimum Gasteiger partial charge on any atom is -0.508 e. The van der Waals surface area contributed by atoms with Gasteiger partial charge in [0.1, 0.15) is 17.4 Å². The van der Waals surface area contributed by atoms with Crippen molar-refractivity contribution in [1.82, 2.24) is 0 Å². The summed E-state index contributed by atoms with van der Waals surface area (Å²) in [7, 11) is 0. The zero-order chi connectivity index (χ0) is 15.0. The summed E-state index contributed by atoms with van der Waals surface area (Å²) in [5, 5.41) is 27.5. The molecule has 2 atom stereocenters. The fourth-order valence-corrected chi connectivity index (χ4v) is 2.68. The summed E-state index contributed by atoms with van der Waals surface area (Å²) in [4.78, 5) is 0. The SMILES string of the molecule is N#CC1C(=N)Oc2cc(O)ccc2C1c1ccc(Cl)cc1. The van der Waals surface area contributed by atoms with Crippen LogP contribution in [0.25, 0.3) is 0 Å². The number of halogens is 1. The van der Waals surface area contributed by atoms with Crippen molar-refractivity contribution in [3.05, 3.63) is 58.6 Å². The molecule has 0 aromatic heterocycles. The summed E-state index contributed by atoms with van der Waals surface area (Å²) in [6, 6.07) is 14.0. The van der Waals surface area contributed by atoms with Gasteiger partial charge in [0.25, 0.3) is 0 Å². The standard InChI is InChI=1S/C16H11ClN2O2/c17-10-3-1-9(2-4-10)15-12-6-5-11(20)7-14(12)21-16(19)13(15)8-18/h1-7,13,15,19-20H. The van der Waals surface area contributed by atoms with Crippen LogP contribution < -0.4 is 4.74 Å². The largest absolute Gasteiger partial charge is 0.508 e. The number of nitrogens with zero attached hydrogens (tertiary/aromatic N) is 1. The number of rotatable bonds is 1. The van der Waals surface area contributed by atoms with Gasteiger partial charge in [0.15, 0.2) is 0 Å². The van der Waals surface area contributed by atoms with Gasteiger partial charge in [-0.15, -0.1) is 0 Å². The summed E-state index contributed by atoms with van der Waals surface area (Å²) in [5.41, 5.74) is 1.66. The van der Waals surface area contributed by atoms with Crippen molar-refractivity contribution < 1.29 is 9.84 Å². The average molecular weight is 299 g/mol. The van der Waals surface area contributed by atoms with E-state index in [0.717, 1.165) is 11.1 Å². The van der Waals surface area contributed by atoms with Crippen LogP contribution in [-0.2, 0) is 0 Å². The van der Waals surface area contributed by atoms with E-state index in [0.29, 0.717) is 10.8 Å². The topological polar surface area (TPSA) is 77.1 Å². The van der Waals surface area contributed by atoms with E-state index >= 15 is 0 Å². The number of nitriles is 1. The second-order valence-corrected chi connectivity index (χ2v) is 5.26. The van der Waals surface area contributed by atoms with Gasteiger partial charge in [-0.2, -0.15) is 5.26 Å². The minimum absolute atomic E-state index is 0.0619. The van der Waals surface area contributed by atoms with Gasteiger partial charge < -0.3 is 9.84 Å². The molecular weight excluding hydrogens is 288 g/mol. The number of aromatic hydroxyl groups is 1. The fraction of sp³-hybridized carbons (Fsp3) is 0.125. The molecule has 0 radical (unpaired) electrons. The van der Waals surface area contributed by atoms with E-state index in [1.54, 1.807) is 24.3 Å². The molecule has 1 heterocycles. The molecule has 0 saturated carbocycles. The van der Waals surface area contributed by atoms with Gasteiger partial charge in [-0.1, -0.05) is 29.8 Å². The van der Waals surface area contributed by atoms with E-state index in [1.165, 1.54) is 6.07 Å². The van der Waals surface area contributed by atoms with Crippen LogP contribution in [0.4, 0.5) is 0 Å². The van der Waals surface area contributed by atoms with Crippen LogP contribution in [0.15, 0.2) is 42.5 Å². The molecule has 3 rings (SSSR count). The van der Waals surface area contributed by atoms with E-state index < -0.39 is 5.92 Å². The Bertz CT molecular complexity index is 750. The number of fused-ring (bicyclic) bond motifs is 1. The molecule has 4 nitrogen and oxygen atoms in total. The third-order valence-corrected chi connectivity index (χ3v) is 3.79. The Labute approximate surface area is 126 Å². The van der Waals surface area contributed by atoms with Crippen molar-refractivity contribution in [3.63, 3.8) is 0 Å². The van der Waals surface area contributed by atoms with E-state index in [2.05, 4.69) is 6.07 Å². The van der Waals surface area contributed by atoms with E-state index in [4.69, 9.17) is 21.7 Å². The highest BCUT2D eigenvalue weighted by Gasteiger charge is 2.36. The molecule has 21 heavy (non-hydrogen) atoms. The minimum atomic E-state index is -0.705. The van der Waals surface area contributed by atoms with Crippen LogP contribution in [0, 0.1) is 22.7 Å². The number of hydrogen-bond acceptors (Lipinski definition) is 4. The molecule has 0 bridgehead atoms. The number of hydrogen-bond donors (Lipinski definition) is 2. The molecule has 0 saturated heterocycles. The normalized spacial score (nSPS) is 20.3. The van der Waals surface area contributed by atoms with Crippen molar-refractivity contribution in [3.8, 4) is 17.6 Å². The molecule has 2 unspecified atom stereocenters. The highest BCUT2D eigenvalue weighted by Crippen LogP contribution is 2.43. The second kappa shape index (κ2) is 5.12. The first-order valence-corrected chi connectivity index (χ1v) is 6.72. The first-order valence-electron chi connectivity index (χ1n) is 6.34. The summed E-state index contributed by atoms with van der Waals surface area (Å²) < 4.78 is 5.37. The van der Waals surface area contributed by atoms with Gasteiger partial charge in [-0.25, -0.2) is 0 Å². The van der Waals surface area contributed by atoms with Crippen molar-refractivity contribution in [2.45, 2.75) is 5.92 Å². The molecule has 104 valence electrons. The van der Waals surface area contributed by atoms with Crippen molar-refractivity contribution >= 4 is 17.5 Å². The lowest BCUT2D eigenvalue weighted by atomic mass is 9.79. The zero-order valence-corrected chi connectivity index (χ0v) is 11.6. The highest BCUT2D eigenvalue weighted by atomic mass is 35.5. The summed E-state index contributed by atoms with van der Waals surface area (Å²) in [5.74, 6) is -0.666. The molecule has 1 aliphatic heterocycles. The van der Waals surface area contributed by atoms with Crippen LogP contribution in [-0.4, -0.2) is 11.0 Å². The van der Waals surface area contributed by atoms with Crippen LogP contribution in [0.1, 0.15) is 17.0 Å². The quantitative estimate of drug-likeness (QED) is 0.843. The fourth-order valence-electron chi connectivity index (χ4n) is 2.56. The molecule has 0 aliphatic carbocycles. The maximum atomic E-state index is 9.56.